The molecule has 4 nitrogen and oxygen atoms in total. The number of benzene rings is 1. The zero-order valence-corrected chi connectivity index (χ0v) is 11.3. The Hall–Kier alpha value is -1.10. The van der Waals surface area contributed by atoms with Gasteiger partial charge in [-0.25, -0.2) is 0 Å². The SMILES string of the molecule is COc1cc(C)c(C)cc1C(N)C1(CN)COC1. The molecule has 0 aliphatic carbocycles. The van der Waals surface area contributed by atoms with Crippen molar-refractivity contribution >= 4 is 0 Å². The van der Waals surface area contributed by atoms with Crippen molar-refractivity contribution in [1.29, 1.82) is 0 Å². The molecular formula is C14H22N2O2. The van der Waals surface area contributed by atoms with E-state index in [1.807, 2.05) is 6.07 Å². The molecule has 2 rings (SSSR count). The Bertz CT molecular complexity index is 436. The molecule has 4 N–H and O–H groups in total. The van der Waals surface area contributed by atoms with Crippen LogP contribution < -0.4 is 16.2 Å². The van der Waals surface area contributed by atoms with Gasteiger partial charge in [0.2, 0.25) is 0 Å². The normalized spacial score (nSPS) is 19.2. The molecule has 1 aromatic rings. The van der Waals surface area contributed by atoms with Crippen molar-refractivity contribution in [2.45, 2.75) is 19.9 Å². The fourth-order valence-electron chi connectivity index (χ4n) is 2.35. The predicted octanol–water partition coefficient (Wildman–Crippen LogP) is 1.29. The fourth-order valence-corrected chi connectivity index (χ4v) is 2.35. The summed E-state index contributed by atoms with van der Waals surface area (Å²) in [5.74, 6) is 0.838. The number of methoxy groups -OCH3 is 1. The van der Waals surface area contributed by atoms with Crippen LogP contribution in [0.15, 0.2) is 12.1 Å². The van der Waals surface area contributed by atoms with Gasteiger partial charge in [-0.05, 0) is 31.0 Å². The Morgan fingerprint density at radius 2 is 1.94 bits per heavy atom. The van der Waals surface area contributed by atoms with E-state index in [1.165, 1.54) is 11.1 Å². The summed E-state index contributed by atoms with van der Waals surface area (Å²) in [6.07, 6.45) is 0. The van der Waals surface area contributed by atoms with Crippen LogP contribution in [0.4, 0.5) is 0 Å². The first-order valence-corrected chi connectivity index (χ1v) is 6.22. The lowest BCUT2D eigenvalue weighted by Gasteiger charge is -2.45. The molecule has 0 amide bonds. The van der Waals surface area contributed by atoms with E-state index < -0.39 is 0 Å². The van der Waals surface area contributed by atoms with Crippen LogP contribution in [0.25, 0.3) is 0 Å². The minimum Gasteiger partial charge on any atom is -0.496 e. The average molecular weight is 250 g/mol. The third-order valence-corrected chi connectivity index (χ3v) is 4.03. The van der Waals surface area contributed by atoms with Gasteiger partial charge in [-0.2, -0.15) is 0 Å². The summed E-state index contributed by atoms with van der Waals surface area (Å²) >= 11 is 0. The Morgan fingerprint density at radius 1 is 1.33 bits per heavy atom. The molecule has 1 unspecified atom stereocenters. The van der Waals surface area contributed by atoms with E-state index in [2.05, 4.69) is 19.9 Å². The van der Waals surface area contributed by atoms with Gasteiger partial charge >= 0.3 is 0 Å². The van der Waals surface area contributed by atoms with E-state index in [-0.39, 0.29) is 11.5 Å². The Morgan fingerprint density at radius 3 is 2.39 bits per heavy atom. The summed E-state index contributed by atoms with van der Waals surface area (Å²) in [7, 11) is 1.67. The van der Waals surface area contributed by atoms with Crippen molar-refractivity contribution in [1.82, 2.24) is 0 Å². The van der Waals surface area contributed by atoms with Crippen LogP contribution in [-0.4, -0.2) is 26.9 Å². The molecule has 1 heterocycles. The van der Waals surface area contributed by atoms with E-state index in [9.17, 15) is 0 Å². The van der Waals surface area contributed by atoms with Gasteiger partial charge in [0.15, 0.2) is 0 Å². The summed E-state index contributed by atoms with van der Waals surface area (Å²) in [5.41, 5.74) is 15.6. The Balaban J connectivity index is 2.40. The summed E-state index contributed by atoms with van der Waals surface area (Å²) in [6, 6.07) is 3.99. The van der Waals surface area contributed by atoms with Gasteiger partial charge in [0, 0.05) is 23.6 Å². The quantitative estimate of drug-likeness (QED) is 0.844. The first-order valence-electron chi connectivity index (χ1n) is 6.22. The number of ether oxygens (including phenoxy) is 2. The van der Waals surface area contributed by atoms with Crippen LogP contribution in [0.2, 0.25) is 0 Å². The van der Waals surface area contributed by atoms with Gasteiger partial charge in [0.05, 0.1) is 20.3 Å². The lowest BCUT2D eigenvalue weighted by atomic mass is 9.75. The van der Waals surface area contributed by atoms with Crippen molar-refractivity contribution in [3.63, 3.8) is 0 Å². The summed E-state index contributed by atoms with van der Waals surface area (Å²) in [5, 5.41) is 0. The molecule has 0 bridgehead atoms. The molecule has 0 saturated carbocycles. The highest BCUT2D eigenvalue weighted by Gasteiger charge is 2.44. The molecule has 18 heavy (non-hydrogen) atoms. The van der Waals surface area contributed by atoms with Crippen LogP contribution in [0.5, 0.6) is 5.75 Å². The van der Waals surface area contributed by atoms with Gasteiger partial charge in [-0.1, -0.05) is 6.07 Å². The molecule has 1 fully saturated rings. The van der Waals surface area contributed by atoms with Gasteiger partial charge in [-0.3, -0.25) is 0 Å². The van der Waals surface area contributed by atoms with E-state index in [1.54, 1.807) is 7.11 Å². The predicted molar refractivity (Wildman–Crippen MR) is 71.7 cm³/mol. The van der Waals surface area contributed by atoms with Gasteiger partial charge < -0.3 is 20.9 Å². The average Bonchev–Trinajstić information content (AvgIpc) is 2.31. The van der Waals surface area contributed by atoms with Crippen molar-refractivity contribution in [2.75, 3.05) is 26.9 Å². The molecule has 4 heteroatoms. The van der Waals surface area contributed by atoms with Crippen LogP contribution in [0.3, 0.4) is 0 Å². The number of hydrogen-bond acceptors (Lipinski definition) is 4. The first kappa shape index (κ1) is 13.3. The minimum absolute atomic E-state index is 0.144. The van der Waals surface area contributed by atoms with Gasteiger partial charge in [-0.15, -0.1) is 0 Å². The van der Waals surface area contributed by atoms with Gasteiger partial charge in [0.1, 0.15) is 5.75 Å². The second-order valence-electron chi connectivity index (χ2n) is 5.22. The fraction of sp³-hybridized carbons (Fsp3) is 0.571. The summed E-state index contributed by atoms with van der Waals surface area (Å²) in [4.78, 5) is 0. The maximum atomic E-state index is 6.40. The van der Waals surface area contributed by atoms with E-state index in [0.29, 0.717) is 19.8 Å². The second-order valence-corrected chi connectivity index (χ2v) is 5.22. The smallest absolute Gasteiger partial charge is 0.123 e. The highest BCUT2D eigenvalue weighted by molar-refractivity contribution is 5.44. The van der Waals surface area contributed by atoms with Gasteiger partial charge in [0.25, 0.3) is 0 Å². The lowest BCUT2D eigenvalue weighted by Crippen LogP contribution is -2.55. The molecule has 1 aromatic carbocycles. The number of hydrogen-bond donors (Lipinski definition) is 2. The van der Waals surface area contributed by atoms with Crippen molar-refractivity contribution in [2.24, 2.45) is 16.9 Å². The van der Waals surface area contributed by atoms with Crippen LogP contribution >= 0.6 is 0 Å². The van der Waals surface area contributed by atoms with Crippen molar-refractivity contribution in [3.8, 4) is 5.75 Å². The molecule has 100 valence electrons. The first-order chi connectivity index (χ1) is 8.54. The zero-order chi connectivity index (χ0) is 13.3. The molecular weight excluding hydrogens is 228 g/mol. The maximum Gasteiger partial charge on any atom is 0.123 e. The number of nitrogens with two attached hydrogens (primary N) is 2. The Kier molecular flexibility index (Phi) is 3.61. The third-order valence-electron chi connectivity index (χ3n) is 4.03. The molecule has 0 aromatic heterocycles. The molecule has 1 saturated heterocycles. The molecule has 0 spiro atoms. The van der Waals surface area contributed by atoms with Crippen LogP contribution in [-0.2, 0) is 4.74 Å². The molecule has 1 aliphatic rings. The highest BCUT2D eigenvalue weighted by Crippen LogP contribution is 2.41. The zero-order valence-electron chi connectivity index (χ0n) is 11.3. The number of rotatable bonds is 4. The van der Waals surface area contributed by atoms with Crippen molar-refractivity contribution in [3.05, 3.63) is 28.8 Å². The van der Waals surface area contributed by atoms with E-state index >= 15 is 0 Å². The largest absolute Gasteiger partial charge is 0.496 e. The Labute approximate surface area is 108 Å². The molecule has 0 radical (unpaired) electrons. The highest BCUT2D eigenvalue weighted by atomic mass is 16.5. The van der Waals surface area contributed by atoms with Crippen molar-refractivity contribution < 1.29 is 9.47 Å². The van der Waals surface area contributed by atoms with Crippen LogP contribution in [0.1, 0.15) is 22.7 Å². The minimum atomic E-state index is -0.148. The summed E-state index contributed by atoms with van der Waals surface area (Å²) in [6.45, 7) is 5.93. The molecule has 1 atom stereocenters. The standard InChI is InChI=1S/C14H22N2O2/c1-9-4-11(12(17-3)5-10(9)2)13(16)14(6-15)7-18-8-14/h4-5,13H,6-8,15-16H2,1-3H3. The maximum absolute atomic E-state index is 6.40. The number of aryl methyl sites for hydroxylation is 2. The topological polar surface area (TPSA) is 70.5 Å². The molecule has 1 aliphatic heterocycles. The monoisotopic (exact) mass is 250 g/mol. The summed E-state index contributed by atoms with van der Waals surface area (Å²) < 4.78 is 10.7. The third kappa shape index (κ3) is 2.00. The van der Waals surface area contributed by atoms with E-state index in [0.717, 1.165) is 11.3 Å². The lowest BCUT2D eigenvalue weighted by molar-refractivity contribution is -0.121. The van der Waals surface area contributed by atoms with Crippen LogP contribution in [0, 0.1) is 19.3 Å². The second kappa shape index (κ2) is 4.88. The van der Waals surface area contributed by atoms with E-state index in [4.69, 9.17) is 20.9 Å².